The molecule has 0 aliphatic carbocycles. The summed E-state index contributed by atoms with van der Waals surface area (Å²) in [7, 11) is 3.52. The molecule has 2 aromatic rings. The molecule has 5 rings (SSSR count). The third-order valence-corrected chi connectivity index (χ3v) is 7.80. The minimum absolute atomic E-state index is 0.0492. The zero-order valence-electron chi connectivity index (χ0n) is 19.4. The number of anilines is 2. The average molecular weight is 455 g/mol. The van der Waals surface area contributed by atoms with Crippen molar-refractivity contribution in [2.24, 2.45) is 0 Å². The standard InChI is InChI=1S/C26H32F2N4O/c1-29(2)25(33)32-18-26(23-17-20(28)6-7-24(23)32)10-14-31(15-11-26)21-8-12-30(13-9-21)22-5-3-4-19(27)16-22/h3-7,16-17,21H,8-15,18H2,1-2H3. The number of benzene rings is 2. The van der Waals surface area contributed by atoms with Crippen LogP contribution in [0.15, 0.2) is 42.5 Å². The van der Waals surface area contributed by atoms with Gasteiger partial charge in [0.15, 0.2) is 0 Å². The van der Waals surface area contributed by atoms with Gasteiger partial charge in [0.1, 0.15) is 11.6 Å². The van der Waals surface area contributed by atoms with Gasteiger partial charge in [0.25, 0.3) is 0 Å². The van der Waals surface area contributed by atoms with Crippen LogP contribution in [-0.4, -0.2) is 68.7 Å². The Hall–Kier alpha value is -2.67. The molecule has 0 radical (unpaired) electrons. The number of amides is 2. The molecule has 0 atom stereocenters. The molecule has 2 saturated heterocycles. The van der Waals surface area contributed by atoms with E-state index in [1.165, 1.54) is 12.1 Å². The van der Waals surface area contributed by atoms with Crippen molar-refractivity contribution in [2.75, 3.05) is 56.6 Å². The van der Waals surface area contributed by atoms with Crippen LogP contribution in [0.4, 0.5) is 25.0 Å². The predicted molar refractivity (Wildman–Crippen MR) is 127 cm³/mol. The molecule has 7 heteroatoms. The molecule has 3 aliphatic heterocycles. The summed E-state index contributed by atoms with van der Waals surface area (Å²) in [6.45, 7) is 4.37. The first kappa shape index (κ1) is 22.1. The van der Waals surface area contributed by atoms with Gasteiger partial charge in [-0.05, 0) is 80.7 Å². The molecule has 2 amide bonds. The normalized spacial score (nSPS) is 20.8. The number of carbonyl (C=O) groups excluding carboxylic acids is 1. The van der Waals surface area contributed by atoms with Gasteiger partial charge >= 0.3 is 6.03 Å². The number of fused-ring (bicyclic) bond motifs is 2. The SMILES string of the molecule is CN(C)C(=O)N1CC2(CCN(C3CCN(c4cccc(F)c4)CC3)CC2)c2cc(F)ccc21. The van der Waals surface area contributed by atoms with Crippen LogP contribution in [0.1, 0.15) is 31.2 Å². The van der Waals surface area contributed by atoms with E-state index in [2.05, 4.69) is 9.80 Å². The van der Waals surface area contributed by atoms with Crippen LogP contribution in [0.2, 0.25) is 0 Å². The van der Waals surface area contributed by atoms with Gasteiger partial charge in [-0.1, -0.05) is 6.07 Å². The lowest BCUT2D eigenvalue weighted by Crippen LogP contribution is -2.52. The summed E-state index contributed by atoms with van der Waals surface area (Å²) in [4.78, 5) is 21.1. The van der Waals surface area contributed by atoms with Crippen molar-refractivity contribution in [1.29, 1.82) is 0 Å². The Labute approximate surface area is 194 Å². The summed E-state index contributed by atoms with van der Waals surface area (Å²) in [6, 6.07) is 12.2. The quantitative estimate of drug-likeness (QED) is 0.671. The highest BCUT2D eigenvalue weighted by molar-refractivity contribution is 5.95. The average Bonchev–Trinajstić information content (AvgIpc) is 3.12. The lowest BCUT2D eigenvalue weighted by molar-refractivity contribution is 0.104. The zero-order chi connectivity index (χ0) is 23.2. The fourth-order valence-electron chi connectivity index (χ4n) is 5.96. The van der Waals surface area contributed by atoms with Crippen LogP contribution in [0.3, 0.4) is 0 Å². The van der Waals surface area contributed by atoms with Crippen molar-refractivity contribution in [3.05, 3.63) is 59.7 Å². The second kappa shape index (κ2) is 8.60. The van der Waals surface area contributed by atoms with Crippen LogP contribution in [0.5, 0.6) is 0 Å². The van der Waals surface area contributed by atoms with E-state index >= 15 is 0 Å². The van der Waals surface area contributed by atoms with E-state index in [1.807, 2.05) is 11.0 Å². The van der Waals surface area contributed by atoms with E-state index in [0.717, 1.165) is 68.8 Å². The van der Waals surface area contributed by atoms with E-state index in [0.29, 0.717) is 12.6 Å². The largest absolute Gasteiger partial charge is 0.371 e. The predicted octanol–water partition coefficient (Wildman–Crippen LogP) is 4.47. The summed E-state index contributed by atoms with van der Waals surface area (Å²) >= 11 is 0. The molecular formula is C26H32F2N4O. The Morgan fingerprint density at radius 2 is 1.67 bits per heavy atom. The summed E-state index contributed by atoms with van der Waals surface area (Å²) in [6.07, 6.45) is 3.95. The van der Waals surface area contributed by atoms with Crippen molar-refractivity contribution in [1.82, 2.24) is 9.80 Å². The van der Waals surface area contributed by atoms with Gasteiger partial charge in [-0.15, -0.1) is 0 Å². The van der Waals surface area contributed by atoms with Crippen molar-refractivity contribution >= 4 is 17.4 Å². The van der Waals surface area contributed by atoms with E-state index in [1.54, 1.807) is 43.3 Å². The fraction of sp³-hybridized carbons (Fsp3) is 0.500. The number of rotatable bonds is 2. The van der Waals surface area contributed by atoms with Crippen LogP contribution in [-0.2, 0) is 5.41 Å². The lowest BCUT2D eigenvalue weighted by atomic mass is 9.74. The lowest BCUT2D eigenvalue weighted by Gasteiger charge is -2.45. The number of likely N-dealkylation sites (tertiary alicyclic amines) is 1. The van der Waals surface area contributed by atoms with Crippen molar-refractivity contribution in [2.45, 2.75) is 37.1 Å². The van der Waals surface area contributed by atoms with Crippen molar-refractivity contribution < 1.29 is 13.6 Å². The van der Waals surface area contributed by atoms with Gasteiger partial charge < -0.3 is 14.7 Å². The molecule has 1 spiro atoms. The first-order valence-corrected chi connectivity index (χ1v) is 11.9. The molecule has 2 aromatic carbocycles. The van der Waals surface area contributed by atoms with Crippen LogP contribution in [0.25, 0.3) is 0 Å². The Morgan fingerprint density at radius 3 is 2.33 bits per heavy atom. The molecule has 0 aromatic heterocycles. The third kappa shape index (κ3) is 4.07. The minimum Gasteiger partial charge on any atom is -0.371 e. The maximum Gasteiger partial charge on any atom is 0.323 e. The van der Waals surface area contributed by atoms with Crippen molar-refractivity contribution in [3.63, 3.8) is 0 Å². The smallest absolute Gasteiger partial charge is 0.323 e. The molecule has 0 saturated carbocycles. The van der Waals surface area contributed by atoms with Gasteiger partial charge in [0.05, 0.1) is 0 Å². The maximum atomic E-state index is 14.2. The number of hydrogen-bond acceptors (Lipinski definition) is 3. The summed E-state index contributed by atoms with van der Waals surface area (Å²) in [5, 5.41) is 0. The highest BCUT2D eigenvalue weighted by Crippen LogP contribution is 2.48. The molecule has 5 nitrogen and oxygen atoms in total. The van der Waals surface area contributed by atoms with Crippen LogP contribution in [0, 0.1) is 11.6 Å². The summed E-state index contributed by atoms with van der Waals surface area (Å²) in [5.41, 5.74) is 2.62. The number of hydrogen-bond donors (Lipinski definition) is 0. The first-order chi connectivity index (χ1) is 15.9. The minimum atomic E-state index is -0.237. The summed E-state index contributed by atoms with van der Waals surface area (Å²) < 4.78 is 27.8. The number of nitrogens with zero attached hydrogens (tertiary/aromatic N) is 4. The van der Waals surface area contributed by atoms with Gasteiger partial charge in [-0.2, -0.15) is 0 Å². The molecule has 0 unspecified atom stereocenters. The van der Waals surface area contributed by atoms with Gasteiger partial charge in [-0.3, -0.25) is 4.90 Å². The molecule has 3 heterocycles. The van der Waals surface area contributed by atoms with Gasteiger partial charge in [0.2, 0.25) is 0 Å². The van der Waals surface area contributed by atoms with E-state index < -0.39 is 0 Å². The molecule has 176 valence electrons. The number of urea groups is 1. The van der Waals surface area contributed by atoms with Gasteiger partial charge in [-0.25, -0.2) is 13.6 Å². The third-order valence-electron chi connectivity index (χ3n) is 7.80. The summed E-state index contributed by atoms with van der Waals surface area (Å²) in [5.74, 6) is -0.426. The molecule has 0 bridgehead atoms. The first-order valence-electron chi connectivity index (χ1n) is 11.9. The van der Waals surface area contributed by atoms with Gasteiger partial charge in [0, 0.05) is 56.6 Å². The number of carbonyl (C=O) groups is 1. The molecular weight excluding hydrogens is 422 g/mol. The molecule has 2 fully saturated rings. The topological polar surface area (TPSA) is 30.0 Å². The van der Waals surface area contributed by atoms with Crippen LogP contribution < -0.4 is 9.80 Å². The van der Waals surface area contributed by atoms with E-state index in [9.17, 15) is 13.6 Å². The molecule has 33 heavy (non-hydrogen) atoms. The number of piperidine rings is 2. The Morgan fingerprint density at radius 1 is 0.970 bits per heavy atom. The molecule has 3 aliphatic rings. The second-order valence-electron chi connectivity index (χ2n) is 9.94. The van der Waals surface area contributed by atoms with E-state index in [4.69, 9.17) is 0 Å². The number of halogens is 2. The fourth-order valence-corrected chi connectivity index (χ4v) is 5.96. The highest BCUT2D eigenvalue weighted by atomic mass is 19.1. The second-order valence-corrected chi connectivity index (χ2v) is 9.94. The highest BCUT2D eigenvalue weighted by Gasteiger charge is 2.47. The maximum absolute atomic E-state index is 14.2. The Bertz CT molecular complexity index is 1030. The molecule has 0 N–H and O–H groups in total. The Balaban J connectivity index is 1.26. The zero-order valence-corrected chi connectivity index (χ0v) is 19.4. The van der Waals surface area contributed by atoms with Crippen molar-refractivity contribution in [3.8, 4) is 0 Å². The van der Waals surface area contributed by atoms with Crippen LogP contribution >= 0.6 is 0 Å². The van der Waals surface area contributed by atoms with E-state index in [-0.39, 0.29) is 23.1 Å². The Kier molecular flexibility index (Phi) is 5.77. The monoisotopic (exact) mass is 454 g/mol.